The average Bonchev–Trinajstić information content (AvgIpc) is 1.64. The van der Waals surface area contributed by atoms with Crippen LogP contribution in [0.1, 0.15) is 6.92 Å². The molecule has 0 radical (unpaired) electrons. The molecule has 0 atom stereocenters. The maximum atomic E-state index is 2.32. The summed E-state index contributed by atoms with van der Waals surface area (Å²) in [5.74, 6) is 0.852. The van der Waals surface area contributed by atoms with E-state index in [2.05, 4.69) is 31.0 Å². The molecular formula is C7H13N. The van der Waals surface area contributed by atoms with Gasteiger partial charge in [0.1, 0.15) is 0 Å². The molecule has 0 saturated carbocycles. The van der Waals surface area contributed by atoms with E-state index in [1.165, 1.54) is 13.1 Å². The predicted octanol–water partition coefficient (Wildman–Crippen LogP) is 1.12. The van der Waals surface area contributed by atoms with Gasteiger partial charge in [-0.25, -0.2) is 0 Å². The number of hydrogen-bond acceptors (Lipinski definition) is 1. The Hall–Kier alpha value is -0.300. The molecule has 46 valence electrons. The smallest absolute Gasteiger partial charge is 0.00538 e. The lowest BCUT2D eigenvalue weighted by Gasteiger charge is -2.33. The van der Waals surface area contributed by atoms with Crippen molar-refractivity contribution in [2.75, 3.05) is 20.1 Å². The van der Waals surface area contributed by atoms with Crippen molar-refractivity contribution in [1.29, 1.82) is 0 Å². The second-order valence-electron chi connectivity index (χ2n) is 2.51. The first kappa shape index (κ1) is 5.83. The minimum Gasteiger partial charge on any atom is -0.305 e. The maximum absolute atomic E-state index is 2.32. The molecule has 0 N–H and O–H groups in total. The number of allylic oxidation sites excluding steroid dienone is 1. The minimum atomic E-state index is 0.852. The van der Waals surface area contributed by atoms with E-state index in [-0.39, 0.29) is 0 Å². The SMILES string of the molecule is C/C=C/C1CN(C)C1. The maximum Gasteiger partial charge on any atom is 0.00538 e. The fourth-order valence-corrected chi connectivity index (χ4v) is 1.14. The molecule has 1 aliphatic rings. The Kier molecular flexibility index (Phi) is 1.69. The van der Waals surface area contributed by atoms with Crippen molar-refractivity contribution < 1.29 is 0 Å². The van der Waals surface area contributed by atoms with Crippen LogP contribution in [0.5, 0.6) is 0 Å². The van der Waals surface area contributed by atoms with Crippen molar-refractivity contribution in [3.8, 4) is 0 Å². The Morgan fingerprint density at radius 2 is 2.12 bits per heavy atom. The van der Waals surface area contributed by atoms with Gasteiger partial charge in [0.25, 0.3) is 0 Å². The van der Waals surface area contributed by atoms with Crippen LogP contribution in [0.4, 0.5) is 0 Å². The topological polar surface area (TPSA) is 3.24 Å². The zero-order valence-corrected chi connectivity index (χ0v) is 5.59. The Morgan fingerprint density at radius 1 is 1.50 bits per heavy atom. The highest BCUT2D eigenvalue weighted by Gasteiger charge is 2.18. The van der Waals surface area contributed by atoms with Crippen LogP contribution < -0.4 is 0 Å². The Morgan fingerprint density at radius 3 is 2.50 bits per heavy atom. The molecule has 1 fully saturated rings. The van der Waals surface area contributed by atoms with Crippen LogP contribution in [0, 0.1) is 5.92 Å². The van der Waals surface area contributed by atoms with E-state index in [1.807, 2.05) is 0 Å². The lowest BCUT2D eigenvalue weighted by Crippen LogP contribution is -2.42. The van der Waals surface area contributed by atoms with Gasteiger partial charge in [0.2, 0.25) is 0 Å². The molecule has 0 bridgehead atoms. The monoisotopic (exact) mass is 111 g/mol. The fraction of sp³-hybridized carbons (Fsp3) is 0.714. The first-order chi connectivity index (χ1) is 3.83. The zero-order valence-electron chi connectivity index (χ0n) is 5.59. The summed E-state index contributed by atoms with van der Waals surface area (Å²) in [6.07, 6.45) is 4.41. The van der Waals surface area contributed by atoms with E-state index in [4.69, 9.17) is 0 Å². The average molecular weight is 111 g/mol. The number of hydrogen-bond donors (Lipinski definition) is 0. The lowest BCUT2D eigenvalue weighted by atomic mass is 10.0. The first-order valence-corrected chi connectivity index (χ1v) is 3.14. The quantitative estimate of drug-likeness (QED) is 0.458. The van der Waals surface area contributed by atoms with Crippen molar-refractivity contribution in [3.05, 3.63) is 12.2 Å². The summed E-state index contributed by atoms with van der Waals surface area (Å²) in [6.45, 7) is 4.59. The van der Waals surface area contributed by atoms with Crippen LogP contribution in [0.2, 0.25) is 0 Å². The molecule has 8 heavy (non-hydrogen) atoms. The van der Waals surface area contributed by atoms with Crippen LogP contribution in [-0.2, 0) is 0 Å². The van der Waals surface area contributed by atoms with Crippen LogP contribution in [0.3, 0.4) is 0 Å². The Balaban J connectivity index is 2.15. The highest BCUT2D eigenvalue weighted by atomic mass is 15.2. The summed E-state index contributed by atoms with van der Waals surface area (Å²) in [5, 5.41) is 0. The van der Waals surface area contributed by atoms with E-state index in [1.54, 1.807) is 0 Å². The second-order valence-corrected chi connectivity index (χ2v) is 2.51. The van der Waals surface area contributed by atoms with Crippen LogP contribution >= 0.6 is 0 Å². The van der Waals surface area contributed by atoms with Crippen molar-refractivity contribution >= 4 is 0 Å². The molecule has 1 rings (SSSR count). The molecule has 0 unspecified atom stereocenters. The van der Waals surface area contributed by atoms with Crippen LogP contribution in [0.25, 0.3) is 0 Å². The van der Waals surface area contributed by atoms with Gasteiger partial charge < -0.3 is 4.90 Å². The number of nitrogens with zero attached hydrogens (tertiary/aromatic N) is 1. The molecule has 0 aromatic heterocycles. The van der Waals surface area contributed by atoms with Gasteiger partial charge in [0.05, 0.1) is 0 Å². The molecule has 0 aromatic carbocycles. The zero-order chi connectivity index (χ0) is 5.98. The molecule has 0 aromatic rings. The second kappa shape index (κ2) is 2.31. The first-order valence-electron chi connectivity index (χ1n) is 3.14. The van der Waals surface area contributed by atoms with E-state index in [0.29, 0.717) is 0 Å². The van der Waals surface area contributed by atoms with Gasteiger partial charge in [-0.05, 0) is 14.0 Å². The van der Waals surface area contributed by atoms with Gasteiger partial charge in [-0.1, -0.05) is 12.2 Å². The molecule has 0 spiro atoms. The van der Waals surface area contributed by atoms with Crippen LogP contribution in [0.15, 0.2) is 12.2 Å². The molecular weight excluding hydrogens is 98.1 g/mol. The summed E-state index contributed by atoms with van der Waals surface area (Å²) >= 11 is 0. The summed E-state index contributed by atoms with van der Waals surface area (Å²) in [4.78, 5) is 2.32. The molecule has 1 heteroatoms. The molecule has 1 heterocycles. The van der Waals surface area contributed by atoms with E-state index < -0.39 is 0 Å². The summed E-state index contributed by atoms with van der Waals surface area (Å²) in [6, 6.07) is 0. The fourth-order valence-electron chi connectivity index (χ4n) is 1.14. The van der Waals surface area contributed by atoms with Gasteiger partial charge >= 0.3 is 0 Å². The van der Waals surface area contributed by atoms with Gasteiger partial charge in [-0.2, -0.15) is 0 Å². The number of likely N-dealkylation sites (tertiary alicyclic amines) is 1. The molecule has 0 amide bonds. The predicted molar refractivity (Wildman–Crippen MR) is 35.8 cm³/mol. The van der Waals surface area contributed by atoms with Crippen molar-refractivity contribution in [1.82, 2.24) is 4.90 Å². The minimum absolute atomic E-state index is 0.852. The highest BCUT2D eigenvalue weighted by Crippen LogP contribution is 2.12. The van der Waals surface area contributed by atoms with Crippen LogP contribution in [-0.4, -0.2) is 25.0 Å². The van der Waals surface area contributed by atoms with Crippen molar-refractivity contribution in [3.63, 3.8) is 0 Å². The molecule has 1 saturated heterocycles. The van der Waals surface area contributed by atoms with Gasteiger partial charge in [0, 0.05) is 19.0 Å². The molecule has 0 aliphatic carbocycles. The molecule has 1 aliphatic heterocycles. The van der Waals surface area contributed by atoms with E-state index >= 15 is 0 Å². The van der Waals surface area contributed by atoms with Gasteiger partial charge in [-0.15, -0.1) is 0 Å². The van der Waals surface area contributed by atoms with Gasteiger partial charge in [-0.3, -0.25) is 0 Å². The van der Waals surface area contributed by atoms with E-state index in [0.717, 1.165) is 5.92 Å². The summed E-state index contributed by atoms with van der Waals surface area (Å²) < 4.78 is 0. The lowest BCUT2D eigenvalue weighted by molar-refractivity contribution is 0.170. The standard InChI is InChI=1S/C7H13N/c1-3-4-7-5-8(2)6-7/h3-4,7H,5-6H2,1-2H3/b4-3+. The Bertz CT molecular complexity index is 90.6. The summed E-state index contributed by atoms with van der Waals surface area (Å²) in [7, 11) is 2.15. The third kappa shape index (κ3) is 1.10. The third-order valence-electron chi connectivity index (χ3n) is 1.56. The Labute approximate surface area is 51.0 Å². The normalized spacial score (nSPS) is 24.2. The number of rotatable bonds is 1. The van der Waals surface area contributed by atoms with E-state index in [9.17, 15) is 0 Å². The largest absolute Gasteiger partial charge is 0.305 e. The van der Waals surface area contributed by atoms with Crippen molar-refractivity contribution in [2.45, 2.75) is 6.92 Å². The highest BCUT2D eigenvalue weighted by molar-refractivity contribution is 4.93. The van der Waals surface area contributed by atoms with Crippen molar-refractivity contribution in [2.24, 2.45) is 5.92 Å². The third-order valence-corrected chi connectivity index (χ3v) is 1.56. The summed E-state index contributed by atoms with van der Waals surface area (Å²) in [5.41, 5.74) is 0. The molecule has 1 nitrogen and oxygen atoms in total. The van der Waals surface area contributed by atoms with Gasteiger partial charge in [0.15, 0.2) is 0 Å².